The minimum Gasteiger partial charge on any atom is -0.457 e. The molecule has 5 nitrogen and oxygen atoms in total. The molecule has 0 radical (unpaired) electrons. The van der Waals surface area contributed by atoms with Gasteiger partial charge in [0.15, 0.2) is 11.0 Å². The van der Waals surface area contributed by atoms with Crippen LogP contribution in [-0.2, 0) is 0 Å². The SMILES string of the molecule is OC(CNc1nccnc1Cl)c1ccccc1Oc1ccccc1. The third-order valence-electron chi connectivity index (χ3n) is 3.37. The molecule has 2 N–H and O–H groups in total. The van der Waals surface area contributed by atoms with Gasteiger partial charge >= 0.3 is 0 Å². The Morgan fingerprint density at radius 2 is 1.71 bits per heavy atom. The van der Waals surface area contributed by atoms with Gasteiger partial charge in [0.1, 0.15) is 11.5 Å². The number of hydrogen-bond acceptors (Lipinski definition) is 5. The zero-order valence-electron chi connectivity index (χ0n) is 12.8. The largest absolute Gasteiger partial charge is 0.457 e. The van der Waals surface area contributed by atoms with Crippen LogP contribution in [0.4, 0.5) is 5.82 Å². The number of anilines is 1. The summed E-state index contributed by atoms with van der Waals surface area (Å²) in [6.45, 7) is 0.230. The van der Waals surface area contributed by atoms with Crippen molar-refractivity contribution in [1.82, 2.24) is 9.97 Å². The Morgan fingerprint density at radius 1 is 1.00 bits per heavy atom. The van der Waals surface area contributed by atoms with E-state index >= 15 is 0 Å². The molecule has 2 aromatic carbocycles. The average molecular weight is 342 g/mol. The number of nitrogens with one attached hydrogen (secondary N) is 1. The average Bonchev–Trinajstić information content (AvgIpc) is 2.62. The van der Waals surface area contributed by atoms with Gasteiger partial charge in [-0.1, -0.05) is 48.0 Å². The number of benzene rings is 2. The van der Waals surface area contributed by atoms with E-state index in [0.29, 0.717) is 22.9 Å². The maximum Gasteiger partial charge on any atom is 0.171 e. The summed E-state index contributed by atoms with van der Waals surface area (Å²) in [5, 5.41) is 13.8. The molecular weight excluding hydrogens is 326 g/mol. The minimum atomic E-state index is -0.789. The second kappa shape index (κ2) is 7.77. The number of rotatable bonds is 6. The summed E-state index contributed by atoms with van der Waals surface area (Å²) in [6, 6.07) is 16.8. The molecule has 0 fully saturated rings. The number of hydrogen-bond donors (Lipinski definition) is 2. The van der Waals surface area contributed by atoms with Gasteiger partial charge in [0.25, 0.3) is 0 Å². The fourth-order valence-corrected chi connectivity index (χ4v) is 2.38. The molecule has 3 aromatic rings. The predicted octanol–water partition coefficient (Wildman–Crippen LogP) is 4.07. The third kappa shape index (κ3) is 4.01. The van der Waals surface area contributed by atoms with E-state index in [0.717, 1.165) is 0 Å². The first-order chi connectivity index (χ1) is 11.7. The van der Waals surface area contributed by atoms with Gasteiger partial charge < -0.3 is 15.2 Å². The monoisotopic (exact) mass is 341 g/mol. The quantitative estimate of drug-likeness (QED) is 0.707. The van der Waals surface area contributed by atoms with Crippen LogP contribution in [-0.4, -0.2) is 21.6 Å². The van der Waals surface area contributed by atoms with Crippen molar-refractivity contribution < 1.29 is 9.84 Å². The van der Waals surface area contributed by atoms with E-state index < -0.39 is 6.10 Å². The molecule has 0 saturated carbocycles. The van der Waals surface area contributed by atoms with E-state index in [2.05, 4.69) is 15.3 Å². The molecular formula is C18H16ClN3O2. The Hall–Kier alpha value is -2.63. The lowest BCUT2D eigenvalue weighted by Crippen LogP contribution is -2.14. The number of aromatic nitrogens is 2. The number of aliphatic hydroxyl groups is 1. The molecule has 0 spiro atoms. The van der Waals surface area contributed by atoms with Crippen LogP contribution in [0.1, 0.15) is 11.7 Å². The Morgan fingerprint density at radius 3 is 2.50 bits per heavy atom. The van der Waals surface area contributed by atoms with Crippen LogP contribution in [0.3, 0.4) is 0 Å². The Balaban J connectivity index is 1.73. The predicted molar refractivity (Wildman–Crippen MR) is 93.4 cm³/mol. The molecule has 0 saturated heterocycles. The van der Waals surface area contributed by atoms with Gasteiger partial charge in [-0.05, 0) is 18.2 Å². The lowest BCUT2D eigenvalue weighted by molar-refractivity contribution is 0.188. The summed E-state index contributed by atoms with van der Waals surface area (Å²) in [5.74, 6) is 1.74. The topological polar surface area (TPSA) is 67.3 Å². The minimum absolute atomic E-state index is 0.230. The molecule has 0 bridgehead atoms. The van der Waals surface area contributed by atoms with Crippen molar-refractivity contribution in [1.29, 1.82) is 0 Å². The summed E-state index contributed by atoms with van der Waals surface area (Å²) in [7, 11) is 0. The van der Waals surface area contributed by atoms with Gasteiger partial charge in [-0.25, -0.2) is 9.97 Å². The molecule has 0 amide bonds. The number of aliphatic hydroxyl groups excluding tert-OH is 1. The first-order valence-corrected chi connectivity index (χ1v) is 7.82. The molecule has 0 aliphatic heterocycles. The lowest BCUT2D eigenvalue weighted by atomic mass is 10.1. The highest BCUT2D eigenvalue weighted by atomic mass is 35.5. The normalized spacial score (nSPS) is 11.8. The van der Waals surface area contributed by atoms with Gasteiger partial charge in [0, 0.05) is 24.5 Å². The molecule has 1 unspecified atom stereocenters. The van der Waals surface area contributed by atoms with Gasteiger partial charge in [-0.2, -0.15) is 0 Å². The summed E-state index contributed by atoms with van der Waals surface area (Å²) in [4.78, 5) is 8.02. The highest BCUT2D eigenvalue weighted by Crippen LogP contribution is 2.29. The fourth-order valence-electron chi connectivity index (χ4n) is 2.21. The maximum absolute atomic E-state index is 10.5. The second-order valence-corrected chi connectivity index (χ2v) is 5.40. The molecule has 24 heavy (non-hydrogen) atoms. The van der Waals surface area contributed by atoms with Crippen LogP contribution in [0.25, 0.3) is 0 Å². The van der Waals surface area contributed by atoms with Gasteiger partial charge in [-0.3, -0.25) is 0 Å². The smallest absolute Gasteiger partial charge is 0.171 e. The highest BCUT2D eigenvalue weighted by Gasteiger charge is 2.14. The van der Waals surface area contributed by atoms with Crippen molar-refractivity contribution in [3.05, 3.63) is 77.7 Å². The molecule has 1 heterocycles. The Kier molecular flexibility index (Phi) is 5.25. The van der Waals surface area contributed by atoms with Crippen LogP contribution in [0, 0.1) is 0 Å². The zero-order chi connectivity index (χ0) is 16.8. The number of halogens is 1. The summed E-state index contributed by atoms with van der Waals surface area (Å²) >= 11 is 5.95. The van der Waals surface area contributed by atoms with Crippen molar-refractivity contribution in [2.45, 2.75) is 6.10 Å². The van der Waals surface area contributed by atoms with E-state index in [4.69, 9.17) is 16.3 Å². The van der Waals surface area contributed by atoms with Crippen LogP contribution in [0.5, 0.6) is 11.5 Å². The standard InChI is InChI=1S/C18H16ClN3O2/c19-17-18(21-11-10-20-17)22-12-15(23)14-8-4-5-9-16(14)24-13-6-2-1-3-7-13/h1-11,15,23H,12H2,(H,21,22). The molecule has 1 aromatic heterocycles. The van der Waals surface area contributed by atoms with E-state index in [1.54, 1.807) is 0 Å². The molecule has 1 atom stereocenters. The van der Waals surface area contributed by atoms with Crippen molar-refractivity contribution in [2.75, 3.05) is 11.9 Å². The summed E-state index contributed by atoms with van der Waals surface area (Å²) in [6.07, 6.45) is 2.25. The first kappa shape index (κ1) is 16.2. The summed E-state index contributed by atoms with van der Waals surface area (Å²) in [5.41, 5.74) is 0.675. The van der Waals surface area contributed by atoms with E-state index in [1.165, 1.54) is 12.4 Å². The van der Waals surface area contributed by atoms with Crippen LogP contribution >= 0.6 is 11.6 Å². The number of para-hydroxylation sites is 2. The van der Waals surface area contributed by atoms with Gasteiger partial charge in [0.2, 0.25) is 0 Å². The highest BCUT2D eigenvalue weighted by molar-refractivity contribution is 6.31. The van der Waals surface area contributed by atoms with Gasteiger partial charge in [0.05, 0.1) is 6.10 Å². The van der Waals surface area contributed by atoms with Crippen LogP contribution in [0.15, 0.2) is 67.0 Å². The van der Waals surface area contributed by atoms with Crippen LogP contribution in [0.2, 0.25) is 5.15 Å². The number of ether oxygens (including phenoxy) is 1. The Bertz CT molecular complexity index is 799. The summed E-state index contributed by atoms with van der Waals surface area (Å²) < 4.78 is 5.86. The zero-order valence-corrected chi connectivity index (χ0v) is 13.5. The third-order valence-corrected chi connectivity index (χ3v) is 3.64. The Labute approximate surface area is 144 Å². The fraction of sp³-hybridized carbons (Fsp3) is 0.111. The molecule has 6 heteroatoms. The first-order valence-electron chi connectivity index (χ1n) is 7.44. The van der Waals surface area contributed by atoms with Crippen LogP contribution < -0.4 is 10.1 Å². The van der Waals surface area contributed by atoms with E-state index in [-0.39, 0.29) is 11.7 Å². The molecule has 3 rings (SSSR count). The second-order valence-electron chi connectivity index (χ2n) is 5.05. The lowest BCUT2D eigenvalue weighted by Gasteiger charge is -2.17. The van der Waals surface area contributed by atoms with Crippen molar-refractivity contribution >= 4 is 17.4 Å². The van der Waals surface area contributed by atoms with E-state index in [1.807, 2.05) is 54.6 Å². The van der Waals surface area contributed by atoms with Crippen molar-refractivity contribution in [3.63, 3.8) is 0 Å². The number of nitrogens with zero attached hydrogens (tertiary/aromatic N) is 2. The molecule has 122 valence electrons. The van der Waals surface area contributed by atoms with Crippen molar-refractivity contribution in [3.8, 4) is 11.5 Å². The van der Waals surface area contributed by atoms with Gasteiger partial charge in [-0.15, -0.1) is 0 Å². The molecule has 0 aliphatic rings. The molecule has 0 aliphatic carbocycles. The van der Waals surface area contributed by atoms with E-state index in [9.17, 15) is 5.11 Å². The van der Waals surface area contributed by atoms with Crippen molar-refractivity contribution in [2.24, 2.45) is 0 Å². The maximum atomic E-state index is 10.5.